The first-order valence-electron chi connectivity index (χ1n) is 6.55. The molecule has 0 aliphatic rings. The van der Waals surface area contributed by atoms with Gasteiger partial charge in [0.15, 0.2) is 0 Å². The average molecular weight is 279 g/mol. The molecule has 110 valence electrons. The minimum atomic E-state index is -0.965. The second-order valence-electron chi connectivity index (χ2n) is 5.35. The molecule has 0 aromatic heterocycles. The highest BCUT2D eigenvalue weighted by Gasteiger charge is 2.19. The quantitative estimate of drug-likeness (QED) is 0.509. The number of nitrogens with one attached hydrogen (secondary N) is 1. The first-order valence-corrected chi connectivity index (χ1v) is 6.55. The van der Waals surface area contributed by atoms with Crippen LogP contribution in [-0.4, -0.2) is 30.8 Å². The van der Waals surface area contributed by atoms with Gasteiger partial charge in [-0.1, -0.05) is 30.3 Å². The van der Waals surface area contributed by atoms with Crippen molar-refractivity contribution in [3.8, 4) is 0 Å². The highest BCUT2D eigenvalue weighted by molar-refractivity contribution is 5.83. The molecule has 1 aromatic carbocycles. The van der Waals surface area contributed by atoms with Crippen molar-refractivity contribution in [1.82, 2.24) is 5.32 Å². The predicted octanol–water partition coefficient (Wildman–Crippen LogP) is 2.30. The van der Waals surface area contributed by atoms with Crippen molar-refractivity contribution in [2.24, 2.45) is 0 Å². The van der Waals surface area contributed by atoms with Crippen LogP contribution in [0, 0.1) is 0 Å². The number of hydrogen-bond acceptors (Lipinski definition) is 5. The smallest absolute Gasteiger partial charge is 0.428 e. The molecule has 5 heteroatoms. The summed E-state index contributed by atoms with van der Waals surface area (Å²) in [7, 11) is 0. The van der Waals surface area contributed by atoms with Crippen LogP contribution in [0.3, 0.4) is 0 Å². The molecule has 0 unspecified atom stereocenters. The second-order valence-corrected chi connectivity index (χ2v) is 5.35. The highest BCUT2D eigenvalue weighted by Crippen LogP contribution is 2.07. The van der Waals surface area contributed by atoms with Gasteiger partial charge in [-0.15, -0.1) is 0 Å². The summed E-state index contributed by atoms with van der Waals surface area (Å²) >= 11 is 0. The predicted molar refractivity (Wildman–Crippen MR) is 75.3 cm³/mol. The fraction of sp³-hybridized carbons (Fsp3) is 0.467. The Balaban J connectivity index is 2.16. The van der Waals surface area contributed by atoms with Crippen molar-refractivity contribution >= 4 is 12.1 Å². The van der Waals surface area contributed by atoms with E-state index < -0.39 is 17.7 Å². The zero-order valence-corrected chi connectivity index (χ0v) is 12.1. The van der Waals surface area contributed by atoms with E-state index in [0.717, 1.165) is 6.42 Å². The molecule has 0 bridgehead atoms. The number of rotatable bonds is 5. The summed E-state index contributed by atoms with van der Waals surface area (Å²) in [6.45, 7) is 5.73. The number of carbonyl (C=O) groups excluding carboxylic acids is 2. The van der Waals surface area contributed by atoms with Gasteiger partial charge in [0.2, 0.25) is 0 Å². The van der Waals surface area contributed by atoms with Crippen molar-refractivity contribution < 1.29 is 19.1 Å². The summed E-state index contributed by atoms with van der Waals surface area (Å²) in [5.74, 6) is -0.646. The van der Waals surface area contributed by atoms with Gasteiger partial charge in [0.1, 0.15) is 5.60 Å². The fourth-order valence-electron chi connectivity index (χ4n) is 1.47. The van der Waals surface area contributed by atoms with Crippen molar-refractivity contribution in [2.75, 3.05) is 13.1 Å². The Morgan fingerprint density at radius 1 is 1.15 bits per heavy atom. The summed E-state index contributed by atoms with van der Waals surface area (Å²) in [5, 5.41) is 2.92. The Morgan fingerprint density at radius 3 is 2.40 bits per heavy atom. The van der Waals surface area contributed by atoms with E-state index in [0.29, 0.717) is 6.54 Å². The molecule has 0 fully saturated rings. The van der Waals surface area contributed by atoms with Crippen LogP contribution >= 0.6 is 0 Å². The Labute approximate surface area is 119 Å². The zero-order valence-electron chi connectivity index (χ0n) is 12.1. The van der Waals surface area contributed by atoms with Crippen LogP contribution in [0.2, 0.25) is 0 Å². The summed E-state index contributed by atoms with van der Waals surface area (Å²) in [4.78, 5) is 22.6. The first kappa shape index (κ1) is 16.2. The number of esters is 1. The molecule has 1 N–H and O–H groups in total. The minimum absolute atomic E-state index is 0.0217. The molecular formula is C15H21NO4. The molecule has 1 aromatic rings. The lowest BCUT2D eigenvalue weighted by Gasteiger charge is -2.18. The fourth-order valence-corrected chi connectivity index (χ4v) is 1.47. The van der Waals surface area contributed by atoms with Crippen LogP contribution in [0.25, 0.3) is 0 Å². The number of carbonyl (C=O) groups is 2. The molecule has 0 aliphatic carbocycles. The van der Waals surface area contributed by atoms with Crippen molar-refractivity contribution in [1.29, 1.82) is 0 Å². The van der Waals surface area contributed by atoms with E-state index >= 15 is 0 Å². The highest BCUT2D eigenvalue weighted by atomic mass is 16.7. The lowest BCUT2D eigenvalue weighted by molar-refractivity contribution is -0.140. The third-order valence-corrected chi connectivity index (χ3v) is 2.29. The Bertz CT molecular complexity index is 437. The van der Waals surface area contributed by atoms with Crippen molar-refractivity contribution in [3.63, 3.8) is 0 Å². The van der Waals surface area contributed by atoms with Crippen molar-refractivity contribution in [3.05, 3.63) is 35.9 Å². The molecule has 5 nitrogen and oxygen atoms in total. The lowest BCUT2D eigenvalue weighted by Crippen LogP contribution is -2.31. The Hall–Kier alpha value is -1.88. The molecule has 20 heavy (non-hydrogen) atoms. The third kappa shape index (κ3) is 7.53. The van der Waals surface area contributed by atoms with Gasteiger partial charge in [-0.2, -0.15) is 0 Å². The molecule has 1 rings (SSSR count). The third-order valence-electron chi connectivity index (χ3n) is 2.29. The normalized spacial score (nSPS) is 10.9. The van der Waals surface area contributed by atoms with Gasteiger partial charge in [0.25, 0.3) is 0 Å². The zero-order chi connectivity index (χ0) is 15.0. The van der Waals surface area contributed by atoms with E-state index in [-0.39, 0.29) is 6.54 Å². The van der Waals surface area contributed by atoms with Crippen LogP contribution in [0.5, 0.6) is 0 Å². The second kappa shape index (κ2) is 7.65. The van der Waals surface area contributed by atoms with Gasteiger partial charge in [0, 0.05) is 0 Å². The van der Waals surface area contributed by atoms with Gasteiger partial charge >= 0.3 is 12.1 Å². The number of benzene rings is 1. The van der Waals surface area contributed by atoms with Crippen LogP contribution in [-0.2, 0) is 20.7 Å². The summed E-state index contributed by atoms with van der Waals surface area (Å²) in [5.41, 5.74) is 0.512. The van der Waals surface area contributed by atoms with E-state index in [1.54, 1.807) is 20.8 Å². The number of ether oxygens (including phenoxy) is 2. The maximum absolute atomic E-state index is 11.4. The van der Waals surface area contributed by atoms with E-state index in [1.807, 2.05) is 30.3 Å². The minimum Gasteiger partial charge on any atom is -0.428 e. The molecule has 0 atom stereocenters. The maximum Gasteiger partial charge on any atom is 0.516 e. The van der Waals surface area contributed by atoms with Crippen LogP contribution in [0.1, 0.15) is 26.3 Å². The van der Waals surface area contributed by atoms with E-state index in [1.165, 1.54) is 5.56 Å². The monoisotopic (exact) mass is 279 g/mol. The van der Waals surface area contributed by atoms with Crippen LogP contribution in [0.15, 0.2) is 30.3 Å². The van der Waals surface area contributed by atoms with E-state index in [9.17, 15) is 9.59 Å². The lowest BCUT2D eigenvalue weighted by atomic mass is 10.1. The summed E-state index contributed by atoms with van der Waals surface area (Å²) < 4.78 is 9.39. The van der Waals surface area contributed by atoms with Crippen LogP contribution < -0.4 is 5.32 Å². The van der Waals surface area contributed by atoms with E-state index in [2.05, 4.69) is 10.1 Å². The largest absolute Gasteiger partial charge is 0.516 e. The van der Waals surface area contributed by atoms with Gasteiger partial charge in [-0.25, -0.2) is 4.79 Å². The van der Waals surface area contributed by atoms with Gasteiger partial charge in [-0.05, 0) is 39.3 Å². The van der Waals surface area contributed by atoms with Crippen molar-refractivity contribution in [2.45, 2.75) is 32.8 Å². The van der Waals surface area contributed by atoms with Gasteiger partial charge in [-0.3, -0.25) is 4.79 Å². The molecule has 0 heterocycles. The SMILES string of the molecule is CC(C)(C)OC(=O)OC(=O)CNCCc1ccccc1. The Kier molecular flexibility index (Phi) is 6.18. The molecule has 0 radical (unpaired) electrons. The molecule has 0 amide bonds. The topological polar surface area (TPSA) is 64.6 Å². The molecular weight excluding hydrogens is 258 g/mol. The molecule has 0 saturated carbocycles. The van der Waals surface area contributed by atoms with E-state index in [4.69, 9.17) is 4.74 Å². The van der Waals surface area contributed by atoms with Gasteiger partial charge in [0.05, 0.1) is 6.54 Å². The van der Waals surface area contributed by atoms with Crippen LogP contribution in [0.4, 0.5) is 4.79 Å². The first-order chi connectivity index (χ1) is 9.37. The molecule has 0 aliphatic heterocycles. The summed E-state index contributed by atoms with van der Waals surface area (Å²) in [6, 6.07) is 9.91. The van der Waals surface area contributed by atoms with Gasteiger partial charge < -0.3 is 14.8 Å². The molecule has 0 saturated heterocycles. The maximum atomic E-state index is 11.4. The average Bonchev–Trinajstić information content (AvgIpc) is 2.33. The molecule has 0 spiro atoms. The number of hydrogen-bond donors (Lipinski definition) is 1. The summed E-state index contributed by atoms with van der Waals surface area (Å²) in [6.07, 6.45) is -0.159. The standard InChI is InChI=1S/C15H21NO4/c1-15(2,3)20-14(18)19-13(17)11-16-10-9-12-7-5-4-6-8-12/h4-8,16H,9-11H2,1-3H3. The Morgan fingerprint density at radius 2 is 1.80 bits per heavy atom.